The van der Waals surface area contributed by atoms with Crippen molar-refractivity contribution in [1.82, 2.24) is 14.7 Å². The minimum absolute atomic E-state index is 0.149. The van der Waals surface area contributed by atoms with Crippen LogP contribution >= 0.6 is 0 Å². The maximum absolute atomic E-state index is 12.5. The lowest BCUT2D eigenvalue weighted by molar-refractivity contribution is 0.0300. The van der Waals surface area contributed by atoms with Crippen LogP contribution in [0.5, 0.6) is 0 Å². The molecule has 0 radical (unpaired) electrons. The van der Waals surface area contributed by atoms with Gasteiger partial charge in [0, 0.05) is 25.4 Å². The van der Waals surface area contributed by atoms with Gasteiger partial charge in [0.1, 0.15) is 0 Å². The average molecular weight is 273 g/mol. The topological polar surface area (TPSA) is 64.4 Å². The number of morpholine rings is 1. The third-order valence-electron chi connectivity index (χ3n) is 3.39. The first-order chi connectivity index (χ1) is 9.68. The van der Waals surface area contributed by atoms with Crippen molar-refractivity contribution in [3.8, 4) is 0 Å². The Hall–Kier alpha value is -2.21. The molecule has 1 fully saturated rings. The molecule has 1 aromatic heterocycles. The standard InChI is InChI=1S/C14H15N3O3/c1-10(18)17-12-5-3-2-4-11(12)13(15-17)14(19)16-6-8-20-9-7-16/h2-5H,6-9H2,1H3. The second-order valence-electron chi connectivity index (χ2n) is 4.70. The maximum Gasteiger partial charge on any atom is 0.275 e. The smallest absolute Gasteiger partial charge is 0.275 e. The summed E-state index contributed by atoms with van der Waals surface area (Å²) in [5.74, 6) is -0.355. The summed E-state index contributed by atoms with van der Waals surface area (Å²) >= 11 is 0. The van der Waals surface area contributed by atoms with Crippen molar-refractivity contribution in [3.63, 3.8) is 0 Å². The summed E-state index contributed by atoms with van der Waals surface area (Å²) < 4.78 is 6.52. The summed E-state index contributed by atoms with van der Waals surface area (Å²) in [5, 5.41) is 4.91. The van der Waals surface area contributed by atoms with E-state index < -0.39 is 0 Å². The van der Waals surface area contributed by atoms with Gasteiger partial charge in [0.15, 0.2) is 5.69 Å². The number of hydrogen-bond acceptors (Lipinski definition) is 4. The number of aromatic nitrogens is 2. The number of para-hydroxylation sites is 1. The average Bonchev–Trinajstić information content (AvgIpc) is 2.87. The summed E-state index contributed by atoms with van der Waals surface area (Å²) in [7, 11) is 0. The summed E-state index contributed by atoms with van der Waals surface area (Å²) in [6.45, 7) is 3.62. The molecule has 0 atom stereocenters. The molecule has 0 aliphatic carbocycles. The first-order valence-electron chi connectivity index (χ1n) is 6.54. The van der Waals surface area contributed by atoms with Crippen molar-refractivity contribution in [2.24, 2.45) is 0 Å². The highest BCUT2D eigenvalue weighted by atomic mass is 16.5. The van der Waals surface area contributed by atoms with Crippen LogP contribution in [0, 0.1) is 0 Å². The molecule has 1 aromatic carbocycles. The number of carbonyl (C=O) groups is 2. The summed E-state index contributed by atoms with van der Waals surface area (Å²) in [4.78, 5) is 25.9. The van der Waals surface area contributed by atoms with Gasteiger partial charge < -0.3 is 9.64 Å². The third kappa shape index (κ3) is 2.08. The molecule has 0 bridgehead atoms. The zero-order valence-electron chi connectivity index (χ0n) is 11.2. The minimum atomic E-state index is -0.206. The SMILES string of the molecule is CC(=O)n1nc(C(=O)N2CCOCC2)c2ccccc21. The van der Waals surface area contributed by atoms with Gasteiger partial charge in [-0.15, -0.1) is 0 Å². The number of benzene rings is 1. The fourth-order valence-corrected chi connectivity index (χ4v) is 2.38. The molecule has 20 heavy (non-hydrogen) atoms. The van der Waals surface area contributed by atoms with Crippen molar-refractivity contribution < 1.29 is 14.3 Å². The highest BCUT2D eigenvalue weighted by Crippen LogP contribution is 2.20. The van der Waals surface area contributed by atoms with Gasteiger partial charge >= 0.3 is 0 Å². The molecule has 6 nitrogen and oxygen atoms in total. The van der Waals surface area contributed by atoms with Crippen molar-refractivity contribution >= 4 is 22.7 Å². The normalized spacial score (nSPS) is 15.6. The molecule has 1 aliphatic heterocycles. The Morgan fingerprint density at radius 3 is 2.60 bits per heavy atom. The zero-order chi connectivity index (χ0) is 14.1. The van der Waals surface area contributed by atoms with Crippen molar-refractivity contribution in [2.75, 3.05) is 26.3 Å². The number of hydrogen-bond donors (Lipinski definition) is 0. The highest BCUT2D eigenvalue weighted by molar-refractivity contribution is 6.06. The predicted octanol–water partition coefficient (Wildman–Crippen LogP) is 1.17. The van der Waals surface area contributed by atoms with E-state index in [2.05, 4.69) is 5.10 Å². The first kappa shape index (κ1) is 12.8. The van der Waals surface area contributed by atoms with Crippen LogP contribution in [0.15, 0.2) is 24.3 Å². The van der Waals surface area contributed by atoms with Crippen LogP contribution < -0.4 is 0 Å². The molecule has 0 N–H and O–H groups in total. The van der Waals surface area contributed by atoms with Gasteiger partial charge in [-0.05, 0) is 6.07 Å². The van der Waals surface area contributed by atoms with E-state index in [1.165, 1.54) is 11.6 Å². The van der Waals surface area contributed by atoms with Crippen molar-refractivity contribution in [2.45, 2.75) is 6.92 Å². The van der Waals surface area contributed by atoms with Crippen LogP contribution in [0.2, 0.25) is 0 Å². The summed E-state index contributed by atoms with van der Waals surface area (Å²) in [6.07, 6.45) is 0. The van der Waals surface area contributed by atoms with Crippen molar-refractivity contribution in [1.29, 1.82) is 0 Å². The quantitative estimate of drug-likeness (QED) is 0.782. The minimum Gasteiger partial charge on any atom is -0.378 e. The predicted molar refractivity (Wildman–Crippen MR) is 72.8 cm³/mol. The number of nitrogens with zero attached hydrogens (tertiary/aromatic N) is 3. The molecule has 1 amide bonds. The lowest BCUT2D eigenvalue weighted by atomic mass is 10.2. The summed E-state index contributed by atoms with van der Waals surface area (Å²) in [6, 6.07) is 7.27. The Bertz CT molecular complexity index is 671. The fourth-order valence-electron chi connectivity index (χ4n) is 2.38. The van der Waals surface area contributed by atoms with E-state index >= 15 is 0 Å². The molecule has 0 unspecified atom stereocenters. The molecule has 1 aliphatic rings. The van der Waals surface area contributed by atoms with Crippen LogP contribution in [0.3, 0.4) is 0 Å². The Labute approximate surface area is 115 Å². The van der Waals surface area contributed by atoms with Crippen LogP contribution in [0.4, 0.5) is 0 Å². The maximum atomic E-state index is 12.5. The van der Waals surface area contributed by atoms with Gasteiger partial charge in [-0.1, -0.05) is 18.2 Å². The zero-order valence-corrected chi connectivity index (χ0v) is 11.2. The number of amides is 1. The van der Waals surface area contributed by atoms with Gasteiger partial charge in [0.2, 0.25) is 5.91 Å². The molecule has 0 saturated carbocycles. The number of ether oxygens (including phenoxy) is 1. The molecule has 0 spiro atoms. The molecule has 1 saturated heterocycles. The van der Waals surface area contributed by atoms with E-state index in [4.69, 9.17) is 4.74 Å². The number of carbonyl (C=O) groups excluding carboxylic acids is 2. The highest BCUT2D eigenvalue weighted by Gasteiger charge is 2.24. The second-order valence-corrected chi connectivity index (χ2v) is 4.70. The van der Waals surface area contributed by atoms with Crippen molar-refractivity contribution in [3.05, 3.63) is 30.0 Å². The Morgan fingerprint density at radius 1 is 1.20 bits per heavy atom. The Morgan fingerprint density at radius 2 is 1.90 bits per heavy atom. The lowest BCUT2D eigenvalue weighted by Crippen LogP contribution is -2.41. The van der Waals surface area contributed by atoms with E-state index in [0.29, 0.717) is 42.9 Å². The molecule has 3 rings (SSSR count). The molecular formula is C14H15N3O3. The van der Waals surface area contributed by atoms with E-state index in [9.17, 15) is 9.59 Å². The van der Waals surface area contributed by atoms with Crippen LogP contribution in [0.25, 0.3) is 10.9 Å². The third-order valence-corrected chi connectivity index (χ3v) is 3.39. The lowest BCUT2D eigenvalue weighted by Gasteiger charge is -2.26. The van der Waals surface area contributed by atoms with E-state index in [0.717, 1.165) is 0 Å². The number of fused-ring (bicyclic) bond motifs is 1. The Kier molecular flexibility index (Phi) is 3.23. The molecule has 2 aromatic rings. The molecular weight excluding hydrogens is 258 g/mol. The van der Waals surface area contributed by atoms with Crippen LogP contribution in [-0.4, -0.2) is 52.8 Å². The van der Waals surface area contributed by atoms with Gasteiger partial charge in [-0.3, -0.25) is 9.59 Å². The van der Waals surface area contributed by atoms with Crippen LogP contribution in [0.1, 0.15) is 22.2 Å². The van der Waals surface area contributed by atoms with Gasteiger partial charge in [-0.25, -0.2) is 0 Å². The second kappa shape index (κ2) is 5.05. The van der Waals surface area contributed by atoms with E-state index in [1.807, 2.05) is 18.2 Å². The summed E-state index contributed by atoms with van der Waals surface area (Å²) in [5.41, 5.74) is 0.995. The van der Waals surface area contributed by atoms with Gasteiger partial charge in [-0.2, -0.15) is 9.78 Å². The molecule has 6 heteroatoms. The van der Waals surface area contributed by atoms with Gasteiger partial charge in [0.25, 0.3) is 5.91 Å². The first-order valence-corrected chi connectivity index (χ1v) is 6.54. The van der Waals surface area contributed by atoms with Gasteiger partial charge in [0.05, 0.1) is 18.7 Å². The van der Waals surface area contributed by atoms with Crippen LogP contribution in [-0.2, 0) is 4.74 Å². The Balaban J connectivity index is 2.06. The number of rotatable bonds is 1. The molecule has 104 valence electrons. The van der Waals surface area contributed by atoms with E-state index in [-0.39, 0.29) is 11.8 Å². The van der Waals surface area contributed by atoms with E-state index in [1.54, 1.807) is 11.0 Å². The monoisotopic (exact) mass is 273 g/mol. The fraction of sp³-hybridized carbons (Fsp3) is 0.357. The largest absolute Gasteiger partial charge is 0.378 e. The molecule has 2 heterocycles.